The minimum atomic E-state index is -1.08. The molecule has 1 aromatic heterocycles. The molecule has 0 radical (unpaired) electrons. The third-order valence-electron chi connectivity index (χ3n) is 6.45. The second-order valence-electron chi connectivity index (χ2n) is 9.09. The molecule has 1 heterocycles. The van der Waals surface area contributed by atoms with Gasteiger partial charge in [-0.2, -0.15) is 0 Å². The van der Waals surface area contributed by atoms with Crippen LogP contribution in [-0.4, -0.2) is 45.4 Å². The van der Waals surface area contributed by atoms with Gasteiger partial charge in [-0.05, 0) is 47.7 Å². The molecule has 1 atom stereocenters. The highest BCUT2D eigenvalue weighted by Crippen LogP contribution is 2.30. The Bertz CT molecular complexity index is 1360. The molecular weight excluding hydrogens is 478 g/mol. The van der Waals surface area contributed by atoms with Crippen LogP contribution < -0.4 is 11.1 Å². The molecule has 8 nitrogen and oxygen atoms in total. The molecule has 0 saturated heterocycles. The summed E-state index contributed by atoms with van der Waals surface area (Å²) in [7, 11) is 0. The number of rotatable bonds is 11. The number of carbonyl (C=O) groups excluding carboxylic acids is 1. The second-order valence-corrected chi connectivity index (χ2v) is 9.09. The number of pyridine rings is 1. The molecule has 0 fully saturated rings. The lowest BCUT2D eigenvalue weighted by Crippen LogP contribution is -2.47. The largest absolute Gasteiger partial charge is 0.480 e. The summed E-state index contributed by atoms with van der Waals surface area (Å²) in [5, 5.41) is 21.3. The summed E-state index contributed by atoms with van der Waals surface area (Å²) < 4.78 is 0. The van der Waals surface area contributed by atoms with Crippen molar-refractivity contribution in [2.24, 2.45) is 5.73 Å². The van der Waals surface area contributed by atoms with E-state index < -0.39 is 17.9 Å². The molecule has 8 heteroatoms. The number of hydrogen-bond donors (Lipinski definition) is 4. The van der Waals surface area contributed by atoms with Crippen molar-refractivity contribution in [2.75, 3.05) is 6.54 Å². The molecule has 0 aliphatic carbocycles. The smallest absolute Gasteiger partial charge is 0.326 e. The number of aliphatic carboxylic acids is 1. The highest BCUT2D eigenvalue weighted by molar-refractivity contribution is 5.91. The number of nitrogens with zero attached hydrogens (tertiary/aromatic N) is 2. The maximum absolute atomic E-state index is 14.4. The first-order valence-electron chi connectivity index (χ1n) is 12.5. The Hall–Kier alpha value is -4.72. The fourth-order valence-electron chi connectivity index (χ4n) is 4.63. The summed E-state index contributed by atoms with van der Waals surface area (Å²) in [6.07, 6.45) is 2.34. The van der Waals surface area contributed by atoms with E-state index in [1.807, 2.05) is 91.0 Å². The molecule has 0 bridgehead atoms. The SMILES string of the molecule is N=C(N)NCCC[C@H](C(=O)O)N(Cc1ccc2ncccc2c1)C(=O)C(c1ccccc1)c1ccccc1. The number of carboxylic acids is 1. The van der Waals surface area contributed by atoms with Gasteiger partial charge in [0.1, 0.15) is 6.04 Å². The van der Waals surface area contributed by atoms with Crippen LogP contribution in [-0.2, 0) is 16.1 Å². The molecule has 0 aliphatic heterocycles. The van der Waals surface area contributed by atoms with Crippen LogP contribution >= 0.6 is 0 Å². The van der Waals surface area contributed by atoms with Gasteiger partial charge in [0, 0.05) is 24.7 Å². The Morgan fingerprint density at radius 1 is 0.947 bits per heavy atom. The average molecular weight is 510 g/mol. The second kappa shape index (κ2) is 12.5. The number of guanidine groups is 1. The third-order valence-corrected chi connectivity index (χ3v) is 6.45. The van der Waals surface area contributed by atoms with Crippen molar-refractivity contribution < 1.29 is 14.7 Å². The Kier molecular flexibility index (Phi) is 8.66. The van der Waals surface area contributed by atoms with Crippen LogP contribution in [0.25, 0.3) is 10.9 Å². The van der Waals surface area contributed by atoms with Gasteiger partial charge >= 0.3 is 5.97 Å². The van der Waals surface area contributed by atoms with Crippen molar-refractivity contribution in [3.05, 3.63) is 114 Å². The molecule has 4 aromatic rings. The summed E-state index contributed by atoms with van der Waals surface area (Å²) >= 11 is 0. The molecule has 1 amide bonds. The summed E-state index contributed by atoms with van der Waals surface area (Å²) in [6.45, 7) is 0.459. The van der Waals surface area contributed by atoms with E-state index in [0.29, 0.717) is 13.0 Å². The molecule has 0 saturated carbocycles. The molecule has 38 heavy (non-hydrogen) atoms. The zero-order chi connectivity index (χ0) is 26.9. The number of fused-ring (bicyclic) bond motifs is 1. The number of hydrogen-bond acceptors (Lipinski definition) is 4. The van der Waals surface area contributed by atoms with Gasteiger partial charge in [0.25, 0.3) is 0 Å². The lowest BCUT2D eigenvalue weighted by Gasteiger charge is -2.33. The summed E-state index contributed by atoms with van der Waals surface area (Å²) in [4.78, 5) is 32.8. The standard InChI is InChI=1S/C30H31N5O3/c31-30(32)34-18-8-14-26(29(37)38)35(20-21-15-16-25-24(19-21)13-7-17-33-25)28(36)27(22-9-3-1-4-10-22)23-11-5-2-6-12-23/h1-7,9-13,15-17,19,26-27H,8,14,18,20H2,(H,37,38)(H4,31,32,34)/t26-/m1/s1. The fraction of sp³-hybridized carbons (Fsp3) is 0.200. The Morgan fingerprint density at radius 2 is 1.61 bits per heavy atom. The summed E-state index contributed by atoms with van der Waals surface area (Å²) in [6, 6.07) is 27.3. The topological polar surface area (TPSA) is 132 Å². The fourth-order valence-corrected chi connectivity index (χ4v) is 4.63. The molecule has 3 aromatic carbocycles. The maximum atomic E-state index is 14.4. The average Bonchev–Trinajstić information content (AvgIpc) is 2.93. The van der Waals surface area contributed by atoms with Crippen LogP contribution in [0.1, 0.15) is 35.4 Å². The van der Waals surface area contributed by atoms with Gasteiger partial charge in [-0.3, -0.25) is 15.2 Å². The number of aromatic nitrogens is 1. The zero-order valence-electron chi connectivity index (χ0n) is 21.0. The highest BCUT2D eigenvalue weighted by Gasteiger charge is 2.35. The Labute approximate surface area is 221 Å². The number of amides is 1. The molecule has 0 unspecified atom stereocenters. The van der Waals surface area contributed by atoms with Crippen LogP contribution in [0, 0.1) is 5.41 Å². The summed E-state index contributed by atoms with van der Waals surface area (Å²) in [5.41, 5.74) is 8.60. The van der Waals surface area contributed by atoms with Gasteiger partial charge < -0.3 is 21.1 Å². The van der Waals surface area contributed by atoms with Gasteiger partial charge in [0.15, 0.2) is 5.96 Å². The van der Waals surface area contributed by atoms with Gasteiger partial charge in [0.05, 0.1) is 11.4 Å². The van der Waals surface area contributed by atoms with Crippen molar-refractivity contribution in [2.45, 2.75) is 31.3 Å². The van der Waals surface area contributed by atoms with Gasteiger partial charge in [-0.1, -0.05) is 72.8 Å². The van der Waals surface area contributed by atoms with Gasteiger partial charge in [0.2, 0.25) is 5.91 Å². The van der Waals surface area contributed by atoms with Crippen molar-refractivity contribution in [3.8, 4) is 0 Å². The summed E-state index contributed by atoms with van der Waals surface area (Å²) in [5.74, 6) is -2.22. The van der Waals surface area contributed by atoms with Crippen LogP contribution in [0.5, 0.6) is 0 Å². The van der Waals surface area contributed by atoms with Crippen molar-refractivity contribution in [3.63, 3.8) is 0 Å². The molecular formula is C30H31N5O3. The Balaban J connectivity index is 1.74. The van der Waals surface area contributed by atoms with E-state index in [4.69, 9.17) is 11.1 Å². The van der Waals surface area contributed by atoms with Gasteiger partial charge in [-0.15, -0.1) is 0 Å². The normalized spacial score (nSPS) is 11.7. The van der Waals surface area contributed by atoms with E-state index in [1.54, 1.807) is 6.20 Å². The molecule has 0 aliphatic rings. The number of benzene rings is 3. The van der Waals surface area contributed by atoms with E-state index in [2.05, 4.69) is 10.3 Å². The first-order valence-corrected chi connectivity index (χ1v) is 12.5. The Morgan fingerprint density at radius 3 is 2.21 bits per heavy atom. The monoisotopic (exact) mass is 509 g/mol. The third kappa shape index (κ3) is 6.53. The quantitative estimate of drug-likeness (QED) is 0.137. The van der Waals surface area contributed by atoms with Crippen molar-refractivity contribution in [1.82, 2.24) is 15.2 Å². The molecule has 194 valence electrons. The number of carboxylic acid groups (broad SMARTS) is 1. The minimum absolute atomic E-state index is 0.122. The predicted molar refractivity (Wildman–Crippen MR) is 148 cm³/mol. The van der Waals surface area contributed by atoms with Crippen LogP contribution in [0.4, 0.5) is 0 Å². The van der Waals surface area contributed by atoms with Crippen molar-refractivity contribution in [1.29, 1.82) is 5.41 Å². The first-order chi connectivity index (χ1) is 18.4. The van der Waals surface area contributed by atoms with Crippen molar-refractivity contribution >= 4 is 28.7 Å². The minimum Gasteiger partial charge on any atom is -0.480 e. The lowest BCUT2D eigenvalue weighted by atomic mass is 9.89. The number of nitrogens with two attached hydrogens (primary N) is 1. The molecule has 5 N–H and O–H groups in total. The molecule has 0 spiro atoms. The zero-order valence-corrected chi connectivity index (χ0v) is 21.0. The van der Waals surface area contributed by atoms with E-state index in [0.717, 1.165) is 27.6 Å². The van der Waals surface area contributed by atoms with Crippen LogP contribution in [0.15, 0.2) is 97.2 Å². The van der Waals surface area contributed by atoms with E-state index >= 15 is 0 Å². The number of nitrogens with one attached hydrogen (secondary N) is 2. The van der Waals surface area contributed by atoms with Crippen LogP contribution in [0.2, 0.25) is 0 Å². The van der Waals surface area contributed by atoms with E-state index in [1.165, 1.54) is 4.90 Å². The number of carbonyl (C=O) groups is 2. The lowest BCUT2D eigenvalue weighted by molar-refractivity contribution is -0.151. The van der Waals surface area contributed by atoms with E-state index in [-0.39, 0.29) is 24.8 Å². The van der Waals surface area contributed by atoms with Gasteiger partial charge in [-0.25, -0.2) is 4.79 Å². The predicted octanol–water partition coefficient (Wildman–Crippen LogP) is 4.11. The maximum Gasteiger partial charge on any atom is 0.326 e. The first kappa shape index (κ1) is 26.3. The van der Waals surface area contributed by atoms with Crippen LogP contribution in [0.3, 0.4) is 0 Å². The molecule has 4 rings (SSSR count). The highest BCUT2D eigenvalue weighted by atomic mass is 16.4. The van der Waals surface area contributed by atoms with E-state index in [9.17, 15) is 14.7 Å².